The molecular weight excluding hydrogens is 566 g/mol. The normalized spacial score (nSPS) is 21.5. The maximum Gasteiger partial charge on any atom is 0.308 e. The molecule has 5 atom stereocenters. The van der Waals surface area contributed by atoms with Crippen molar-refractivity contribution in [3.05, 3.63) is 59.5 Å². The Kier molecular flexibility index (Phi) is 9.76. The van der Waals surface area contributed by atoms with E-state index in [2.05, 4.69) is 4.98 Å². The Morgan fingerprint density at radius 2 is 1.42 bits per heavy atom. The van der Waals surface area contributed by atoms with Crippen LogP contribution >= 0.6 is 0 Å². The zero-order valence-electron chi connectivity index (χ0n) is 24.2. The van der Waals surface area contributed by atoms with Gasteiger partial charge < -0.3 is 32.8 Å². The molecule has 13 nitrogen and oxygen atoms in total. The lowest BCUT2D eigenvalue weighted by molar-refractivity contribution is -0.254. The summed E-state index contributed by atoms with van der Waals surface area (Å²) in [5, 5.41) is 0. The lowest BCUT2D eigenvalue weighted by atomic mass is 9.89. The van der Waals surface area contributed by atoms with Gasteiger partial charge in [-0.25, -0.2) is 4.98 Å². The lowest BCUT2D eigenvalue weighted by Crippen LogP contribution is -2.59. The average molecular weight is 598 g/mol. The van der Waals surface area contributed by atoms with Crippen molar-refractivity contribution in [2.75, 3.05) is 6.61 Å². The average Bonchev–Trinajstić information content (AvgIpc) is 3.32. The molecule has 1 unspecified atom stereocenters. The van der Waals surface area contributed by atoms with Gasteiger partial charge in [-0.2, -0.15) is 0 Å². The quantitative estimate of drug-likeness (QED) is 0.201. The summed E-state index contributed by atoms with van der Waals surface area (Å²) in [4.78, 5) is 64.8. The second kappa shape index (κ2) is 13.5. The van der Waals surface area contributed by atoms with E-state index in [-0.39, 0.29) is 17.7 Å². The number of oxazole rings is 1. The van der Waals surface area contributed by atoms with Crippen molar-refractivity contribution in [3.8, 4) is 5.75 Å². The van der Waals surface area contributed by atoms with Crippen LogP contribution in [0.4, 0.5) is 0 Å². The monoisotopic (exact) mass is 597 g/mol. The van der Waals surface area contributed by atoms with Crippen molar-refractivity contribution in [3.63, 3.8) is 0 Å². The summed E-state index contributed by atoms with van der Waals surface area (Å²) < 4.78 is 39.4. The maximum atomic E-state index is 12.3. The number of esters is 5. The highest BCUT2D eigenvalue weighted by Gasteiger charge is 2.53. The maximum absolute atomic E-state index is 12.3. The van der Waals surface area contributed by atoms with Gasteiger partial charge in [0.2, 0.25) is 0 Å². The minimum absolute atomic E-state index is 0.0646. The molecule has 1 saturated heterocycles. The largest absolute Gasteiger partial charge is 0.463 e. The van der Waals surface area contributed by atoms with E-state index in [1.165, 1.54) is 19.9 Å². The van der Waals surface area contributed by atoms with Crippen LogP contribution < -0.4 is 4.74 Å². The Labute approximate surface area is 246 Å². The van der Waals surface area contributed by atoms with Gasteiger partial charge in [-0.15, -0.1) is 0 Å². The summed E-state index contributed by atoms with van der Waals surface area (Å²) in [6.07, 6.45) is -6.31. The molecule has 0 aliphatic carbocycles. The van der Waals surface area contributed by atoms with Gasteiger partial charge in [0, 0.05) is 46.6 Å². The Balaban J connectivity index is 1.83. The van der Waals surface area contributed by atoms with Crippen molar-refractivity contribution >= 4 is 40.9 Å². The van der Waals surface area contributed by atoms with Crippen LogP contribution in [-0.4, -0.2) is 65.9 Å². The summed E-state index contributed by atoms with van der Waals surface area (Å²) in [7, 11) is 0. The first-order valence-corrected chi connectivity index (χ1v) is 13.4. The van der Waals surface area contributed by atoms with Crippen molar-refractivity contribution in [2.45, 2.75) is 71.6 Å². The number of carbonyl (C=O) groups excluding carboxylic acids is 5. The summed E-state index contributed by atoms with van der Waals surface area (Å²) in [5.41, 5.74) is 2.18. The minimum atomic E-state index is -1.39. The molecule has 0 bridgehead atoms. The molecule has 3 aromatic rings. The number of benzene rings is 2. The number of carbonyl (C=O) groups is 5. The highest BCUT2D eigenvalue weighted by atomic mass is 16.7. The molecule has 1 aliphatic rings. The highest BCUT2D eigenvalue weighted by molar-refractivity contribution is 5.72. The molecule has 0 radical (unpaired) electrons. The van der Waals surface area contributed by atoms with Gasteiger partial charge in [0.15, 0.2) is 29.8 Å². The van der Waals surface area contributed by atoms with Crippen molar-refractivity contribution in [1.82, 2.24) is 4.98 Å². The molecule has 43 heavy (non-hydrogen) atoms. The van der Waals surface area contributed by atoms with Crippen molar-refractivity contribution < 1.29 is 56.8 Å². The number of rotatable bonds is 9. The fourth-order valence-electron chi connectivity index (χ4n) is 4.83. The van der Waals surface area contributed by atoms with Gasteiger partial charge >= 0.3 is 29.8 Å². The van der Waals surface area contributed by atoms with Gasteiger partial charge in [0.1, 0.15) is 30.1 Å². The summed E-state index contributed by atoms with van der Waals surface area (Å²) in [6, 6.07) is 12.1. The van der Waals surface area contributed by atoms with E-state index in [1.54, 1.807) is 18.2 Å². The van der Waals surface area contributed by atoms with Gasteiger partial charge in [0.05, 0.1) is 0 Å². The smallest absolute Gasteiger partial charge is 0.308 e. The second-order valence-corrected chi connectivity index (χ2v) is 9.84. The number of aromatic nitrogens is 1. The molecule has 1 aliphatic heterocycles. The van der Waals surface area contributed by atoms with Crippen LogP contribution in [0.1, 0.15) is 57.7 Å². The molecule has 2 aromatic carbocycles. The van der Waals surface area contributed by atoms with E-state index in [0.717, 1.165) is 20.8 Å². The first-order chi connectivity index (χ1) is 20.4. The number of fused-ring (bicyclic) bond motifs is 1. The molecule has 1 aromatic heterocycles. The van der Waals surface area contributed by atoms with Gasteiger partial charge in [0.25, 0.3) is 0 Å². The minimum Gasteiger partial charge on any atom is -0.463 e. The van der Waals surface area contributed by atoms with Crippen LogP contribution in [0.3, 0.4) is 0 Å². The molecule has 13 heteroatoms. The highest BCUT2D eigenvalue weighted by Crippen LogP contribution is 2.41. The van der Waals surface area contributed by atoms with E-state index < -0.39 is 67.0 Å². The predicted octanol–water partition coefficient (Wildman–Crippen LogP) is 3.14. The Bertz CT molecular complexity index is 1500. The third-order valence-electron chi connectivity index (χ3n) is 6.32. The van der Waals surface area contributed by atoms with Crippen LogP contribution in [0.2, 0.25) is 0 Å². The zero-order chi connectivity index (χ0) is 31.3. The molecule has 0 saturated carbocycles. The molecule has 2 heterocycles. The molecule has 0 amide bonds. The van der Waals surface area contributed by atoms with Crippen molar-refractivity contribution in [2.24, 2.45) is 0 Å². The molecule has 0 spiro atoms. The Morgan fingerprint density at radius 1 is 0.767 bits per heavy atom. The predicted molar refractivity (Wildman–Crippen MR) is 145 cm³/mol. The standard InChI is InChI=1S/C30H31NO12/c1-15(32)37-14-25-28(39-17(3)34)30(41-19(5)36)29(40-18(4)35)27(43-25)21-12-20(10-11-23(21)38-16(2)33)13-26-31-22-8-6-7-9-24(22)42-26/h6-12,25,27-30H,13-14H2,1-5H3/t25?,27-,28+,29-,30-/m0/s1. The molecule has 0 N–H and O–H groups in total. The van der Waals surface area contributed by atoms with E-state index in [4.69, 9.17) is 32.8 Å². The van der Waals surface area contributed by atoms with E-state index in [1.807, 2.05) is 18.2 Å². The third-order valence-corrected chi connectivity index (χ3v) is 6.32. The summed E-state index contributed by atoms with van der Waals surface area (Å²) in [6.45, 7) is 5.40. The van der Waals surface area contributed by atoms with Crippen LogP contribution in [0.5, 0.6) is 5.75 Å². The van der Waals surface area contributed by atoms with E-state index >= 15 is 0 Å². The van der Waals surface area contributed by atoms with Crippen LogP contribution in [0.15, 0.2) is 46.9 Å². The molecule has 1 fully saturated rings. The van der Waals surface area contributed by atoms with E-state index in [0.29, 0.717) is 22.6 Å². The molecule has 228 valence electrons. The fourth-order valence-corrected chi connectivity index (χ4v) is 4.83. The van der Waals surface area contributed by atoms with Crippen LogP contribution in [0.25, 0.3) is 11.1 Å². The van der Waals surface area contributed by atoms with Gasteiger partial charge in [-0.1, -0.05) is 18.2 Å². The molecular formula is C30H31NO12. The zero-order valence-corrected chi connectivity index (χ0v) is 24.2. The number of nitrogens with zero attached hydrogens (tertiary/aromatic N) is 1. The lowest BCUT2D eigenvalue weighted by Gasteiger charge is -2.44. The number of hydrogen-bond acceptors (Lipinski definition) is 13. The molecule has 4 rings (SSSR count). The Morgan fingerprint density at radius 3 is 2.05 bits per heavy atom. The Hall–Kier alpha value is -4.78. The van der Waals surface area contributed by atoms with Crippen LogP contribution in [-0.2, 0) is 54.1 Å². The van der Waals surface area contributed by atoms with Gasteiger partial charge in [-0.05, 0) is 29.8 Å². The first-order valence-electron chi connectivity index (χ1n) is 13.4. The number of ether oxygens (including phenoxy) is 6. The van der Waals surface area contributed by atoms with Crippen LogP contribution in [0, 0.1) is 0 Å². The van der Waals surface area contributed by atoms with Gasteiger partial charge in [-0.3, -0.25) is 24.0 Å². The van der Waals surface area contributed by atoms with Crippen molar-refractivity contribution in [1.29, 1.82) is 0 Å². The summed E-state index contributed by atoms with van der Waals surface area (Å²) >= 11 is 0. The van der Waals surface area contributed by atoms with E-state index in [9.17, 15) is 24.0 Å². The summed E-state index contributed by atoms with van der Waals surface area (Å²) in [5.74, 6) is -3.08. The second-order valence-electron chi connectivity index (χ2n) is 9.84. The third kappa shape index (κ3) is 7.95. The number of para-hydroxylation sites is 2. The number of hydrogen-bond donors (Lipinski definition) is 0. The SMILES string of the molecule is CC(=O)OCC1O[C@@H](c2cc(Cc3nc4ccccc4o3)ccc2OC(C)=O)[C@H](OC(C)=O)[C@@H](OC(C)=O)[C@@H]1OC(C)=O. The first kappa shape index (κ1) is 31.2. The topological polar surface area (TPSA) is 167 Å². The fraction of sp³-hybridized carbons (Fsp3) is 0.400.